The van der Waals surface area contributed by atoms with E-state index >= 15 is 4.57 Å². The van der Waals surface area contributed by atoms with E-state index in [1.54, 1.807) is 0 Å². The van der Waals surface area contributed by atoms with Crippen molar-refractivity contribution in [2.75, 3.05) is 9.80 Å². The van der Waals surface area contributed by atoms with E-state index in [2.05, 4.69) is 196 Å². The molecule has 3 aliphatic heterocycles. The fourth-order valence-electron chi connectivity index (χ4n) is 10.0. The van der Waals surface area contributed by atoms with E-state index in [1.807, 2.05) is 18.2 Å². The lowest BCUT2D eigenvalue weighted by Crippen LogP contribution is -2.67. The van der Waals surface area contributed by atoms with Crippen molar-refractivity contribution in [2.24, 2.45) is 0 Å². The lowest BCUT2D eigenvalue weighted by Gasteiger charge is -2.47. The van der Waals surface area contributed by atoms with E-state index in [1.165, 1.54) is 44.0 Å². The fourth-order valence-corrected chi connectivity index (χ4v) is 18.2. The first kappa shape index (κ1) is 34.1. The molecule has 0 N–H and O–H groups in total. The second kappa shape index (κ2) is 11.8. The third-order valence-electron chi connectivity index (χ3n) is 12.9. The number of anilines is 6. The van der Waals surface area contributed by atoms with Crippen LogP contribution in [-0.2, 0) is 15.4 Å². The van der Waals surface area contributed by atoms with Crippen LogP contribution in [0.25, 0.3) is 0 Å². The van der Waals surface area contributed by atoms with E-state index in [0.717, 1.165) is 38.7 Å². The van der Waals surface area contributed by atoms with Gasteiger partial charge >= 0.3 is 0 Å². The van der Waals surface area contributed by atoms with Crippen molar-refractivity contribution in [3.8, 4) is 0 Å². The van der Waals surface area contributed by atoms with Crippen molar-refractivity contribution in [1.82, 2.24) is 0 Å². The molecule has 3 nitrogen and oxygen atoms in total. The first-order chi connectivity index (χ1) is 26.5. The van der Waals surface area contributed by atoms with E-state index in [9.17, 15) is 0 Å². The van der Waals surface area contributed by atoms with Gasteiger partial charge in [0.1, 0.15) is 8.07 Å². The van der Waals surface area contributed by atoms with Crippen molar-refractivity contribution < 1.29 is 4.57 Å². The molecule has 0 radical (unpaired) electrons. The molecular formula is C50H45N2OPSi. The van der Waals surface area contributed by atoms with Crippen LogP contribution in [0.15, 0.2) is 164 Å². The molecule has 270 valence electrons. The standard InChI is InChI=1S/C50H45N2OPSi/c1-49(2)35-22-10-14-26-39(35)51(40-27-15-11-23-36(40)49)43-32-46-48(55(5,6)47-31-19-18-30-45(47)54(46,53)34-20-8-7-9-21-34)33-44(43)52-41-28-16-12-24-37(41)50(3,4)38-25-13-17-29-42(38)52/h7-33H,1-6H3. The number of rotatable bonds is 3. The molecule has 7 aromatic carbocycles. The molecule has 3 heterocycles. The lowest BCUT2D eigenvalue weighted by atomic mass is 9.73. The summed E-state index contributed by atoms with van der Waals surface area (Å²) in [5, 5.41) is 5.31. The number of hydrogen-bond acceptors (Lipinski definition) is 3. The van der Waals surface area contributed by atoms with Gasteiger partial charge in [-0.15, -0.1) is 0 Å². The minimum absolute atomic E-state index is 0.206. The van der Waals surface area contributed by atoms with Gasteiger partial charge in [0, 0.05) is 26.7 Å². The van der Waals surface area contributed by atoms with Gasteiger partial charge in [0.2, 0.25) is 0 Å². The maximum absolute atomic E-state index is 16.6. The molecule has 1 unspecified atom stereocenters. The molecular weight excluding hydrogens is 704 g/mol. The van der Waals surface area contributed by atoms with E-state index < -0.39 is 15.2 Å². The molecule has 3 aliphatic rings. The van der Waals surface area contributed by atoms with Gasteiger partial charge in [-0.2, -0.15) is 0 Å². The second-order valence-electron chi connectivity index (χ2n) is 16.9. The van der Waals surface area contributed by atoms with Crippen LogP contribution in [0, 0.1) is 0 Å². The predicted molar refractivity (Wildman–Crippen MR) is 236 cm³/mol. The Labute approximate surface area is 326 Å². The van der Waals surface area contributed by atoms with Crippen LogP contribution in [0.1, 0.15) is 49.9 Å². The van der Waals surface area contributed by atoms with Crippen molar-refractivity contribution >= 4 is 75.6 Å². The lowest BCUT2D eigenvalue weighted by molar-refractivity contribution is 0.592. The molecule has 55 heavy (non-hydrogen) atoms. The molecule has 1 atom stereocenters. The number of para-hydroxylation sites is 4. The quantitative estimate of drug-likeness (QED) is 0.133. The molecule has 10 rings (SSSR count). The number of hydrogen-bond donors (Lipinski definition) is 0. The van der Waals surface area contributed by atoms with Crippen molar-refractivity contribution in [1.29, 1.82) is 0 Å². The van der Waals surface area contributed by atoms with Gasteiger partial charge in [0.15, 0.2) is 7.14 Å². The average Bonchev–Trinajstić information content (AvgIpc) is 3.21. The van der Waals surface area contributed by atoms with Crippen LogP contribution in [-0.4, -0.2) is 8.07 Å². The average molecular weight is 749 g/mol. The Bertz CT molecular complexity index is 2650. The highest BCUT2D eigenvalue weighted by Gasteiger charge is 2.48. The summed E-state index contributed by atoms with van der Waals surface area (Å²) >= 11 is 0. The summed E-state index contributed by atoms with van der Waals surface area (Å²) in [5.74, 6) is 0. The molecule has 7 aromatic rings. The molecule has 0 saturated heterocycles. The zero-order valence-electron chi connectivity index (χ0n) is 32.3. The third kappa shape index (κ3) is 4.59. The second-order valence-corrected chi connectivity index (χ2v) is 24.0. The summed E-state index contributed by atoms with van der Waals surface area (Å²) in [6.07, 6.45) is 0. The van der Waals surface area contributed by atoms with Crippen LogP contribution in [0.4, 0.5) is 34.1 Å². The zero-order valence-corrected chi connectivity index (χ0v) is 34.2. The highest BCUT2D eigenvalue weighted by atomic mass is 31.2. The van der Waals surface area contributed by atoms with E-state index in [4.69, 9.17) is 0 Å². The van der Waals surface area contributed by atoms with Crippen molar-refractivity contribution in [3.05, 3.63) is 186 Å². The zero-order chi connectivity index (χ0) is 37.9. The first-order valence-corrected chi connectivity index (χ1v) is 24.1. The van der Waals surface area contributed by atoms with Crippen LogP contribution in [0.2, 0.25) is 13.1 Å². The highest BCUT2D eigenvalue weighted by molar-refractivity contribution is 7.87. The summed E-state index contributed by atoms with van der Waals surface area (Å²) < 4.78 is 16.6. The molecule has 5 heteroatoms. The normalized spacial score (nSPS) is 19.2. The van der Waals surface area contributed by atoms with Crippen LogP contribution < -0.4 is 36.1 Å². The fraction of sp³-hybridized carbons (Fsp3) is 0.160. The summed E-state index contributed by atoms with van der Waals surface area (Å²) in [6, 6.07) is 59.2. The van der Waals surface area contributed by atoms with Crippen LogP contribution >= 0.6 is 7.14 Å². The highest BCUT2D eigenvalue weighted by Crippen LogP contribution is 2.58. The molecule has 0 saturated carbocycles. The summed E-state index contributed by atoms with van der Waals surface area (Å²) in [5.41, 5.74) is 11.4. The Morgan fingerprint density at radius 2 is 0.800 bits per heavy atom. The molecule has 0 amide bonds. The molecule has 0 spiro atoms. The number of benzene rings is 7. The van der Waals surface area contributed by atoms with Crippen molar-refractivity contribution in [2.45, 2.75) is 51.6 Å². The predicted octanol–water partition coefficient (Wildman–Crippen LogP) is 10.7. The Kier molecular flexibility index (Phi) is 7.31. The molecule has 0 bridgehead atoms. The summed E-state index contributed by atoms with van der Waals surface area (Å²) in [7, 11) is -5.74. The largest absolute Gasteiger partial charge is 0.309 e. The Balaban J connectivity index is 1.39. The summed E-state index contributed by atoms with van der Waals surface area (Å²) in [4.78, 5) is 4.98. The van der Waals surface area contributed by atoms with E-state index in [0.29, 0.717) is 0 Å². The van der Waals surface area contributed by atoms with Crippen LogP contribution in [0.5, 0.6) is 0 Å². The SMILES string of the molecule is CC1(C)c2ccccc2N(c2cc3c(cc2N2c4ccccc4C(C)(C)c4ccccc42)P(=O)(c2ccccc2)c2ccccc2[Si]3(C)C)c2ccccc21. The van der Waals surface area contributed by atoms with Gasteiger partial charge in [-0.25, -0.2) is 0 Å². The summed E-state index contributed by atoms with van der Waals surface area (Å²) in [6.45, 7) is 14.2. The maximum atomic E-state index is 16.6. The Hall–Kier alpha value is -5.41. The minimum Gasteiger partial charge on any atom is -0.309 e. The van der Waals surface area contributed by atoms with Crippen LogP contribution in [0.3, 0.4) is 0 Å². The minimum atomic E-state index is -3.32. The first-order valence-electron chi connectivity index (χ1n) is 19.4. The van der Waals surface area contributed by atoms with Crippen molar-refractivity contribution in [3.63, 3.8) is 0 Å². The van der Waals surface area contributed by atoms with Gasteiger partial charge in [0.25, 0.3) is 0 Å². The monoisotopic (exact) mass is 748 g/mol. The third-order valence-corrected chi connectivity index (χ3v) is 20.0. The van der Waals surface area contributed by atoms with Gasteiger partial charge in [-0.05, 0) is 69.0 Å². The van der Waals surface area contributed by atoms with Gasteiger partial charge in [-0.1, -0.05) is 168 Å². The Morgan fingerprint density at radius 3 is 1.27 bits per heavy atom. The molecule has 0 aromatic heterocycles. The van der Waals surface area contributed by atoms with E-state index in [-0.39, 0.29) is 10.8 Å². The smallest absolute Gasteiger partial charge is 0.170 e. The van der Waals surface area contributed by atoms with Gasteiger partial charge in [-0.3, -0.25) is 0 Å². The Morgan fingerprint density at radius 1 is 0.418 bits per heavy atom. The maximum Gasteiger partial charge on any atom is 0.170 e. The molecule has 0 fully saturated rings. The van der Waals surface area contributed by atoms with Gasteiger partial charge < -0.3 is 14.4 Å². The number of fused-ring (bicyclic) bond motifs is 6. The molecule has 0 aliphatic carbocycles. The van der Waals surface area contributed by atoms with Gasteiger partial charge in [0.05, 0.1) is 34.1 Å². The topological polar surface area (TPSA) is 23.6 Å². The number of nitrogens with zero attached hydrogens (tertiary/aromatic N) is 2.